The van der Waals surface area contributed by atoms with Gasteiger partial charge in [0.25, 0.3) is 0 Å². The number of benzene rings is 2. The minimum absolute atomic E-state index is 0.271. The minimum atomic E-state index is -0.953. The highest BCUT2D eigenvalue weighted by Gasteiger charge is 2.20. The molecular weight excluding hydrogens is 343 g/mol. The van der Waals surface area contributed by atoms with E-state index in [1.807, 2.05) is 0 Å². The number of carbonyl (C=O) groups is 2. The van der Waals surface area contributed by atoms with Gasteiger partial charge in [-0.2, -0.15) is 0 Å². The number of hydrogen-bond acceptors (Lipinski definition) is 6. The Hall–Kier alpha value is -3.09. The van der Waals surface area contributed by atoms with Crippen LogP contribution in [0, 0.1) is 5.82 Å². The van der Waals surface area contributed by atoms with Gasteiger partial charge in [-0.25, -0.2) is 9.18 Å². The summed E-state index contributed by atoms with van der Waals surface area (Å²) in [6, 6.07) is 9.93. The highest BCUT2D eigenvalue weighted by molar-refractivity contribution is 6.00. The maximum Gasteiger partial charge on any atom is 0.347 e. The number of ether oxygens (including phenoxy) is 4. The molecule has 6 nitrogen and oxygen atoms in total. The first-order valence-corrected chi connectivity index (χ1v) is 7.78. The molecule has 2 rings (SSSR count). The number of Topliss-reactive ketones (excluding diaryl/α,β-unsaturated/α-hetero) is 1. The summed E-state index contributed by atoms with van der Waals surface area (Å²) in [5.41, 5.74) is 0.271. The molecule has 0 fully saturated rings. The number of rotatable bonds is 8. The van der Waals surface area contributed by atoms with E-state index in [1.165, 1.54) is 51.5 Å². The second-order valence-corrected chi connectivity index (χ2v) is 5.31. The van der Waals surface area contributed by atoms with Gasteiger partial charge in [0.1, 0.15) is 23.1 Å². The van der Waals surface area contributed by atoms with Crippen molar-refractivity contribution in [2.75, 3.05) is 20.8 Å². The minimum Gasteiger partial charge on any atom is -0.497 e. The Morgan fingerprint density at radius 3 is 2.27 bits per heavy atom. The highest BCUT2D eigenvalue weighted by atomic mass is 19.1. The molecule has 0 aliphatic carbocycles. The molecule has 0 radical (unpaired) electrons. The molecule has 26 heavy (non-hydrogen) atoms. The van der Waals surface area contributed by atoms with Crippen LogP contribution in [0.1, 0.15) is 17.3 Å². The van der Waals surface area contributed by atoms with E-state index >= 15 is 0 Å². The summed E-state index contributed by atoms with van der Waals surface area (Å²) in [5, 5.41) is 0. The van der Waals surface area contributed by atoms with E-state index in [0.29, 0.717) is 17.2 Å². The molecular formula is C19H19FO6. The van der Waals surface area contributed by atoms with Crippen LogP contribution in [0.15, 0.2) is 42.5 Å². The summed E-state index contributed by atoms with van der Waals surface area (Å²) in [7, 11) is 2.93. The second kappa shape index (κ2) is 8.84. The molecule has 0 saturated heterocycles. The lowest BCUT2D eigenvalue weighted by Crippen LogP contribution is -2.28. The largest absolute Gasteiger partial charge is 0.497 e. The van der Waals surface area contributed by atoms with E-state index in [0.717, 1.165) is 0 Å². The topological polar surface area (TPSA) is 71.1 Å². The fourth-order valence-corrected chi connectivity index (χ4v) is 2.13. The zero-order valence-electron chi connectivity index (χ0n) is 14.7. The molecule has 0 amide bonds. The molecule has 138 valence electrons. The Morgan fingerprint density at radius 2 is 1.65 bits per heavy atom. The lowest BCUT2D eigenvalue weighted by atomic mass is 10.1. The van der Waals surface area contributed by atoms with Gasteiger partial charge in [-0.05, 0) is 43.3 Å². The standard InChI is InChI=1S/C19H19FO6/c1-12(26-14-6-4-13(20)5-7-14)19(22)25-11-17(21)16-9-8-15(23-2)10-18(16)24-3/h4-10,12H,11H2,1-3H3/t12-/m0/s1. The van der Waals surface area contributed by atoms with Crippen molar-refractivity contribution in [2.24, 2.45) is 0 Å². The van der Waals surface area contributed by atoms with Crippen molar-refractivity contribution in [3.8, 4) is 17.2 Å². The van der Waals surface area contributed by atoms with E-state index in [1.54, 1.807) is 12.1 Å². The Balaban J connectivity index is 1.93. The van der Waals surface area contributed by atoms with Gasteiger partial charge >= 0.3 is 5.97 Å². The number of methoxy groups -OCH3 is 2. The average molecular weight is 362 g/mol. The van der Waals surface area contributed by atoms with Crippen LogP contribution in [0.5, 0.6) is 17.2 Å². The van der Waals surface area contributed by atoms with E-state index < -0.39 is 30.3 Å². The first kappa shape index (κ1) is 19.2. The van der Waals surface area contributed by atoms with Gasteiger partial charge in [-0.3, -0.25) is 4.79 Å². The Morgan fingerprint density at radius 1 is 1.00 bits per heavy atom. The third-order valence-corrected chi connectivity index (χ3v) is 3.51. The summed E-state index contributed by atoms with van der Waals surface area (Å²) in [5.74, 6) is -0.370. The summed E-state index contributed by atoms with van der Waals surface area (Å²) in [6.07, 6.45) is -0.953. The first-order chi connectivity index (χ1) is 12.4. The summed E-state index contributed by atoms with van der Waals surface area (Å²) >= 11 is 0. The van der Waals surface area contributed by atoms with Crippen molar-refractivity contribution in [3.05, 3.63) is 53.8 Å². The molecule has 0 unspecified atom stereocenters. The van der Waals surface area contributed by atoms with Gasteiger partial charge in [-0.1, -0.05) is 0 Å². The van der Waals surface area contributed by atoms with Gasteiger partial charge in [0.2, 0.25) is 5.78 Å². The molecule has 0 aliphatic rings. The molecule has 0 heterocycles. The van der Waals surface area contributed by atoms with Crippen LogP contribution in [0.3, 0.4) is 0 Å². The van der Waals surface area contributed by atoms with Gasteiger partial charge in [0, 0.05) is 6.07 Å². The molecule has 0 saturated carbocycles. The third-order valence-electron chi connectivity index (χ3n) is 3.51. The second-order valence-electron chi connectivity index (χ2n) is 5.31. The molecule has 0 aromatic heterocycles. The van der Waals surface area contributed by atoms with Crippen LogP contribution < -0.4 is 14.2 Å². The number of carbonyl (C=O) groups excluding carboxylic acids is 2. The van der Waals surface area contributed by atoms with E-state index in [9.17, 15) is 14.0 Å². The maximum absolute atomic E-state index is 12.9. The molecule has 2 aromatic carbocycles. The Labute approximate surface area is 150 Å². The molecule has 0 aliphatic heterocycles. The lowest BCUT2D eigenvalue weighted by Gasteiger charge is -2.14. The first-order valence-electron chi connectivity index (χ1n) is 7.78. The number of ketones is 1. The summed E-state index contributed by atoms with van der Waals surface area (Å²) < 4.78 is 33.4. The smallest absolute Gasteiger partial charge is 0.347 e. The molecule has 7 heteroatoms. The fraction of sp³-hybridized carbons (Fsp3) is 0.263. The Bertz CT molecular complexity index is 772. The highest BCUT2D eigenvalue weighted by Crippen LogP contribution is 2.25. The maximum atomic E-state index is 12.9. The summed E-state index contributed by atoms with van der Waals surface area (Å²) in [4.78, 5) is 24.2. The van der Waals surface area contributed by atoms with E-state index in [4.69, 9.17) is 18.9 Å². The number of halogens is 1. The van der Waals surface area contributed by atoms with E-state index in [-0.39, 0.29) is 5.56 Å². The fourth-order valence-electron chi connectivity index (χ4n) is 2.13. The summed E-state index contributed by atoms with van der Waals surface area (Å²) in [6.45, 7) is 1.02. The number of esters is 1. The van der Waals surface area contributed by atoms with Crippen molar-refractivity contribution in [1.29, 1.82) is 0 Å². The van der Waals surface area contributed by atoms with Crippen molar-refractivity contribution >= 4 is 11.8 Å². The van der Waals surface area contributed by atoms with Crippen LogP contribution >= 0.6 is 0 Å². The number of hydrogen-bond donors (Lipinski definition) is 0. The average Bonchev–Trinajstić information content (AvgIpc) is 2.66. The van der Waals surface area contributed by atoms with Crippen LogP contribution in [0.25, 0.3) is 0 Å². The monoisotopic (exact) mass is 362 g/mol. The predicted molar refractivity (Wildman–Crippen MR) is 91.3 cm³/mol. The van der Waals surface area contributed by atoms with Gasteiger partial charge in [0.05, 0.1) is 19.8 Å². The zero-order valence-corrected chi connectivity index (χ0v) is 14.7. The lowest BCUT2D eigenvalue weighted by molar-refractivity contribution is -0.149. The quantitative estimate of drug-likeness (QED) is 0.531. The molecule has 0 bridgehead atoms. The van der Waals surface area contributed by atoms with Gasteiger partial charge in [0.15, 0.2) is 12.7 Å². The molecule has 1 atom stereocenters. The van der Waals surface area contributed by atoms with Crippen LogP contribution in [0.4, 0.5) is 4.39 Å². The van der Waals surface area contributed by atoms with Crippen LogP contribution in [-0.4, -0.2) is 38.7 Å². The van der Waals surface area contributed by atoms with Gasteiger partial charge in [-0.15, -0.1) is 0 Å². The SMILES string of the molecule is COc1ccc(C(=O)COC(=O)[C@H](C)Oc2ccc(F)cc2)c(OC)c1. The predicted octanol–water partition coefficient (Wildman–Crippen LogP) is 3.04. The zero-order chi connectivity index (χ0) is 19.1. The molecule has 0 spiro atoms. The molecule has 0 N–H and O–H groups in total. The van der Waals surface area contributed by atoms with Crippen LogP contribution in [-0.2, 0) is 9.53 Å². The molecule has 2 aromatic rings. The van der Waals surface area contributed by atoms with Crippen molar-refractivity contribution in [3.63, 3.8) is 0 Å². The van der Waals surface area contributed by atoms with Crippen molar-refractivity contribution in [2.45, 2.75) is 13.0 Å². The Kier molecular flexibility index (Phi) is 6.54. The normalized spacial score (nSPS) is 11.4. The van der Waals surface area contributed by atoms with Crippen molar-refractivity contribution < 1.29 is 32.9 Å². The third kappa shape index (κ3) is 4.95. The van der Waals surface area contributed by atoms with Crippen molar-refractivity contribution in [1.82, 2.24) is 0 Å². The van der Waals surface area contributed by atoms with E-state index in [2.05, 4.69) is 0 Å². The van der Waals surface area contributed by atoms with Gasteiger partial charge < -0.3 is 18.9 Å². The van der Waals surface area contributed by atoms with Crippen LogP contribution in [0.2, 0.25) is 0 Å².